The second-order valence-electron chi connectivity index (χ2n) is 18.7. The lowest BCUT2D eigenvalue weighted by Gasteiger charge is -2.07. The van der Waals surface area contributed by atoms with Crippen LogP contribution in [0.15, 0.2) is 72.8 Å². The molecule has 0 aliphatic carbocycles. The molecule has 6 N–H and O–H groups in total. The van der Waals surface area contributed by atoms with E-state index in [1.807, 2.05) is 24.3 Å². The maximum atomic E-state index is 11.9. The fourth-order valence-corrected chi connectivity index (χ4v) is 9.82. The Hall–Kier alpha value is -5.76. The first-order chi connectivity index (χ1) is 32.4. The minimum Gasteiger partial charge on any atom is -0.508 e. The second kappa shape index (κ2) is 24.7. The Kier molecular flexibility index (Phi) is 18.0. The van der Waals surface area contributed by atoms with Crippen LogP contribution in [0.4, 0.5) is 0 Å². The molecule has 8 heteroatoms. The summed E-state index contributed by atoms with van der Waals surface area (Å²) in [7, 11) is 0. The van der Waals surface area contributed by atoms with E-state index in [2.05, 4.69) is 48.1 Å². The smallest absolute Gasteiger partial charge is 0.186 e. The monoisotopic (exact) mass is 891 g/mol. The van der Waals surface area contributed by atoms with Gasteiger partial charge in [-0.3, -0.25) is 0 Å². The Morgan fingerprint density at radius 1 is 0.394 bits per heavy atom. The number of nitrogens with one attached hydrogen (secondary N) is 2. The third-order valence-corrected chi connectivity index (χ3v) is 13.5. The van der Waals surface area contributed by atoms with Gasteiger partial charge < -0.3 is 30.4 Å². The quantitative estimate of drug-likeness (QED) is 0.0300. The molecule has 0 radical (unpaired) electrons. The van der Waals surface area contributed by atoms with Crippen molar-refractivity contribution >= 4 is 45.7 Å². The van der Waals surface area contributed by atoms with E-state index in [0.29, 0.717) is 33.3 Å². The molecule has 8 nitrogen and oxygen atoms in total. The lowest BCUT2D eigenvalue weighted by atomic mass is 10.0. The summed E-state index contributed by atoms with van der Waals surface area (Å²) >= 11 is 0. The van der Waals surface area contributed by atoms with Crippen LogP contribution >= 0.6 is 0 Å². The number of unbranched alkanes of at least 4 members (excludes halogenated alkanes) is 20. The van der Waals surface area contributed by atoms with Crippen molar-refractivity contribution in [3.8, 4) is 33.8 Å². The number of nitrogens with zero attached hydrogens (tertiary/aromatic N) is 2. The highest BCUT2D eigenvalue weighted by atomic mass is 16.3. The maximum absolute atomic E-state index is 11.9. The number of hydrogen-bond donors (Lipinski definition) is 6. The Labute approximate surface area is 393 Å². The van der Waals surface area contributed by atoms with Gasteiger partial charge >= 0.3 is 0 Å². The van der Waals surface area contributed by atoms with E-state index in [9.17, 15) is 20.4 Å². The van der Waals surface area contributed by atoms with Crippen LogP contribution in [0.5, 0.6) is 11.5 Å². The number of aromatic hydroxyl groups is 2. The number of fused-ring (bicyclic) bond motifs is 8. The van der Waals surface area contributed by atoms with Crippen LogP contribution in [0.25, 0.3) is 68.0 Å². The van der Waals surface area contributed by atoms with Gasteiger partial charge in [-0.15, -0.1) is 0 Å². The minimum absolute atomic E-state index is 0.0674. The molecule has 0 saturated heterocycles. The van der Waals surface area contributed by atoms with Crippen molar-refractivity contribution in [3.63, 3.8) is 0 Å². The van der Waals surface area contributed by atoms with Crippen LogP contribution in [-0.4, -0.2) is 40.4 Å². The Morgan fingerprint density at radius 2 is 0.742 bits per heavy atom. The molecule has 0 amide bonds. The lowest BCUT2D eigenvalue weighted by molar-refractivity contribution is 0.464. The normalized spacial score (nSPS) is 12.5. The molecule has 5 aromatic rings. The first-order valence-electron chi connectivity index (χ1n) is 25.5. The summed E-state index contributed by atoms with van der Waals surface area (Å²) in [6, 6.07) is 21.9. The third kappa shape index (κ3) is 12.6. The van der Waals surface area contributed by atoms with Crippen LogP contribution in [0.3, 0.4) is 0 Å². The molecule has 0 fully saturated rings. The van der Waals surface area contributed by atoms with Gasteiger partial charge in [-0.2, -0.15) is 0 Å². The topological polar surface area (TPSA) is 138 Å². The molecule has 2 aliphatic rings. The summed E-state index contributed by atoms with van der Waals surface area (Å²) in [5.74, 6) is -0.608. The number of aryl methyl sites for hydroxylation is 2. The van der Waals surface area contributed by atoms with Crippen molar-refractivity contribution in [2.24, 2.45) is 0 Å². The minimum atomic E-state index is -0.371. The molecule has 66 heavy (non-hydrogen) atoms. The van der Waals surface area contributed by atoms with Crippen molar-refractivity contribution in [2.45, 2.75) is 168 Å². The third-order valence-electron chi connectivity index (χ3n) is 13.5. The summed E-state index contributed by atoms with van der Waals surface area (Å²) in [6.07, 6.45) is 34.0. The van der Waals surface area contributed by atoms with Gasteiger partial charge in [0.1, 0.15) is 22.9 Å². The fraction of sp³-hybridized carbons (Fsp3) is 0.448. The zero-order chi connectivity index (χ0) is 46.1. The molecule has 350 valence electrons. The van der Waals surface area contributed by atoms with Gasteiger partial charge in [-0.05, 0) is 97.5 Å². The first-order valence-corrected chi connectivity index (χ1v) is 25.5. The largest absolute Gasteiger partial charge is 0.508 e. The molecule has 3 aromatic heterocycles. The predicted molar refractivity (Wildman–Crippen MR) is 277 cm³/mol. The van der Waals surface area contributed by atoms with E-state index in [-0.39, 0.29) is 34.4 Å². The van der Waals surface area contributed by atoms with Gasteiger partial charge in [0.2, 0.25) is 0 Å². The lowest BCUT2D eigenvalue weighted by Crippen LogP contribution is -1.95. The van der Waals surface area contributed by atoms with Gasteiger partial charge in [0.05, 0.1) is 11.4 Å². The highest BCUT2D eigenvalue weighted by molar-refractivity contribution is 6.00. The van der Waals surface area contributed by atoms with E-state index < -0.39 is 0 Å². The number of rotatable bonds is 26. The van der Waals surface area contributed by atoms with Crippen LogP contribution in [0.2, 0.25) is 0 Å². The van der Waals surface area contributed by atoms with E-state index in [1.54, 1.807) is 36.4 Å². The van der Waals surface area contributed by atoms with Crippen LogP contribution in [0, 0.1) is 0 Å². The first kappa shape index (κ1) is 48.2. The summed E-state index contributed by atoms with van der Waals surface area (Å²) in [5, 5.41) is 45.2. The van der Waals surface area contributed by atoms with Crippen LogP contribution < -0.4 is 0 Å². The highest BCUT2D eigenvalue weighted by Crippen LogP contribution is 2.41. The van der Waals surface area contributed by atoms with Crippen molar-refractivity contribution in [2.75, 3.05) is 0 Å². The number of aliphatic hydroxyl groups is 2. The molecule has 2 aliphatic heterocycles. The molecule has 2 aromatic carbocycles. The number of phenols is 2. The zero-order valence-electron chi connectivity index (χ0n) is 39.7. The number of benzene rings is 2. The van der Waals surface area contributed by atoms with Crippen molar-refractivity contribution in [1.82, 2.24) is 19.9 Å². The van der Waals surface area contributed by atoms with Crippen LogP contribution in [0.1, 0.15) is 189 Å². The average molecular weight is 891 g/mol. The Bertz CT molecular complexity index is 2430. The van der Waals surface area contributed by atoms with E-state index in [4.69, 9.17) is 9.97 Å². The van der Waals surface area contributed by atoms with E-state index >= 15 is 0 Å². The van der Waals surface area contributed by atoms with Gasteiger partial charge in [0, 0.05) is 44.3 Å². The van der Waals surface area contributed by atoms with Gasteiger partial charge in [0.15, 0.2) is 11.5 Å². The van der Waals surface area contributed by atoms with Gasteiger partial charge in [-0.1, -0.05) is 167 Å². The molecule has 0 spiro atoms. The Balaban J connectivity index is 1.31. The zero-order valence-corrected chi connectivity index (χ0v) is 39.7. The molecular weight excluding hydrogens is 817 g/mol. The number of H-pyrrole nitrogens is 2. The van der Waals surface area contributed by atoms with Crippen LogP contribution in [-0.2, 0) is 12.8 Å². The summed E-state index contributed by atoms with van der Waals surface area (Å²) < 4.78 is 0. The van der Waals surface area contributed by atoms with Gasteiger partial charge in [0.25, 0.3) is 0 Å². The number of aromatic amines is 2. The highest BCUT2D eigenvalue weighted by Gasteiger charge is 2.28. The summed E-state index contributed by atoms with van der Waals surface area (Å²) in [4.78, 5) is 17.9. The molecule has 8 bridgehead atoms. The van der Waals surface area contributed by atoms with Crippen molar-refractivity contribution in [1.29, 1.82) is 0 Å². The number of hydrogen-bond acceptors (Lipinski definition) is 6. The maximum Gasteiger partial charge on any atom is 0.186 e. The number of aliphatic hydroxyl groups excluding tert-OH is 2. The van der Waals surface area contributed by atoms with E-state index in [1.165, 1.54) is 116 Å². The predicted octanol–water partition coefficient (Wildman–Crippen LogP) is 16.9. The van der Waals surface area contributed by atoms with E-state index in [0.717, 1.165) is 72.1 Å². The summed E-state index contributed by atoms with van der Waals surface area (Å²) in [6.45, 7) is 4.54. The molecule has 0 atom stereocenters. The van der Waals surface area contributed by atoms with Crippen molar-refractivity contribution < 1.29 is 20.4 Å². The average Bonchev–Trinajstić information content (AvgIpc) is 4.15. The molecule has 0 unspecified atom stereocenters. The molecule has 0 saturated carbocycles. The number of aromatic nitrogens is 4. The standard InChI is InChI=1S/C58H74N4O4/c1-3-5-7-9-11-13-15-17-19-21-23-31-45-47-33-34-48(59-47)46(32-24-22-20-18-16-14-12-10-8-6-4-2)50-36-38-52(61-50)54(42-28-26-30-44(64)40-42)56-58(66)57(65)55(62-56)53(51-37-35-49(45)60-51)41-27-25-29-43(63)39-41/h25-30,33-40,60-61,63-66H,3-24,31-32H2,1-2H3. The summed E-state index contributed by atoms with van der Waals surface area (Å²) in [5.41, 5.74) is 10.0. The fourth-order valence-electron chi connectivity index (χ4n) is 9.82. The second-order valence-corrected chi connectivity index (χ2v) is 18.7. The Morgan fingerprint density at radius 3 is 1.11 bits per heavy atom. The van der Waals surface area contributed by atoms with Gasteiger partial charge in [-0.25, -0.2) is 9.97 Å². The molecule has 5 heterocycles. The molecule has 7 rings (SSSR count). The van der Waals surface area contributed by atoms with Crippen molar-refractivity contribution in [3.05, 3.63) is 107 Å². The SMILES string of the molecule is CCCCCCCCCCCCCc1c2nc(c(CCCCCCCCCCCCC)c3ccc([nH]3)c(-c3cccc(O)c3)c3nc(c(-c4cccc(O)c4)c4ccc1[nH]4)C(O)=C3O)C=C2. The number of phenolic OH excluding ortho intramolecular Hbond substituents is 2. The molecular formula is C58H74N4O4.